The molecular formula is C20H21F2N7O4S. The topological polar surface area (TPSA) is 126 Å². The molecule has 1 atom stereocenters. The first-order chi connectivity index (χ1) is 16.4. The van der Waals surface area contributed by atoms with Crippen molar-refractivity contribution >= 4 is 29.0 Å². The molecule has 0 radical (unpaired) electrons. The van der Waals surface area contributed by atoms with Crippen LogP contribution < -0.4 is 10.2 Å². The summed E-state index contributed by atoms with van der Waals surface area (Å²) < 4.78 is 40.4. The number of nitro groups is 1. The zero-order valence-corrected chi connectivity index (χ0v) is 18.8. The SMILES string of the molecule is COC(=S)NC(c1cc(F)c(N2CCN(Cc3ccc([N+](=O)[O-])o3)CC2)c(F)c1)c1c[nH]nn1. The predicted octanol–water partition coefficient (Wildman–Crippen LogP) is 2.52. The molecule has 1 saturated heterocycles. The van der Waals surface area contributed by atoms with E-state index in [9.17, 15) is 10.1 Å². The lowest BCUT2D eigenvalue weighted by molar-refractivity contribution is -0.402. The van der Waals surface area contributed by atoms with E-state index in [1.54, 1.807) is 11.0 Å². The fraction of sp³-hybridized carbons (Fsp3) is 0.350. The molecule has 0 aliphatic carbocycles. The molecule has 3 heterocycles. The van der Waals surface area contributed by atoms with Gasteiger partial charge < -0.3 is 19.4 Å². The standard InChI is InChI=1S/C20H21F2N7O4S/c1-32-20(34)24-18(16-10-23-26-25-16)12-8-14(21)19(15(22)9-12)28-6-4-27(5-7-28)11-13-2-3-17(33-13)29(30)31/h2-3,8-10,18H,4-7,11H2,1H3,(H,24,34)(H,23,25,26). The lowest BCUT2D eigenvalue weighted by Gasteiger charge is -2.36. The average Bonchev–Trinajstić information content (AvgIpc) is 3.50. The van der Waals surface area contributed by atoms with Crippen molar-refractivity contribution in [2.45, 2.75) is 12.6 Å². The Morgan fingerprint density at radius 1 is 1.32 bits per heavy atom. The van der Waals surface area contributed by atoms with Crippen molar-refractivity contribution in [3.8, 4) is 0 Å². The Morgan fingerprint density at radius 3 is 2.59 bits per heavy atom. The maximum Gasteiger partial charge on any atom is 0.433 e. The molecule has 2 aromatic heterocycles. The van der Waals surface area contributed by atoms with Gasteiger partial charge in [-0.3, -0.25) is 20.1 Å². The summed E-state index contributed by atoms with van der Waals surface area (Å²) in [5, 5.41) is 23.8. The second kappa shape index (κ2) is 10.1. The summed E-state index contributed by atoms with van der Waals surface area (Å²) in [6.07, 6.45) is 1.49. The van der Waals surface area contributed by atoms with Crippen molar-refractivity contribution < 1.29 is 22.9 Å². The van der Waals surface area contributed by atoms with Crippen LogP contribution in [0.3, 0.4) is 0 Å². The number of halogens is 2. The number of hydrogen-bond acceptors (Lipinski definition) is 9. The van der Waals surface area contributed by atoms with Crippen LogP contribution in [0.4, 0.5) is 20.4 Å². The molecule has 0 amide bonds. The smallest absolute Gasteiger partial charge is 0.433 e. The van der Waals surface area contributed by atoms with E-state index in [-0.39, 0.29) is 22.3 Å². The maximum atomic E-state index is 15.1. The van der Waals surface area contributed by atoms with Gasteiger partial charge in [-0.2, -0.15) is 0 Å². The summed E-state index contributed by atoms with van der Waals surface area (Å²) in [6, 6.07) is 4.56. The first kappa shape index (κ1) is 23.5. The number of hydrogen-bond donors (Lipinski definition) is 2. The van der Waals surface area contributed by atoms with E-state index in [1.807, 2.05) is 4.90 Å². The number of aromatic amines is 1. The van der Waals surface area contributed by atoms with Gasteiger partial charge in [-0.1, -0.05) is 5.21 Å². The first-order valence-electron chi connectivity index (χ1n) is 10.3. The number of H-pyrrole nitrogens is 1. The Balaban J connectivity index is 1.46. The highest BCUT2D eigenvalue weighted by Crippen LogP contribution is 2.30. The molecule has 0 saturated carbocycles. The van der Waals surface area contributed by atoms with Gasteiger partial charge in [0.15, 0.2) is 0 Å². The van der Waals surface area contributed by atoms with E-state index < -0.39 is 22.6 Å². The van der Waals surface area contributed by atoms with E-state index in [0.717, 1.165) is 0 Å². The predicted molar refractivity (Wildman–Crippen MR) is 120 cm³/mol. The molecule has 34 heavy (non-hydrogen) atoms. The number of ether oxygens (including phenoxy) is 1. The number of furan rings is 1. The summed E-state index contributed by atoms with van der Waals surface area (Å²) in [5.41, 5.74) is 0.535. The van der Waals surface area contributed by atoms with Crippen LogP contribution in [0.1, 0.15) is 23.1 Å². The number of thiocarbonyl (C=S) groups is 1. The highest BCUT2D eigenvalue weighted by molar-refractivity contribution is 7.80. The highest BCUT2D eigenvalue weighted by atomic mass is 32.1. The second-order valence-corrected chi connectivity index (χ2v) is 7.93. The van der Waals surface area contributed by atoms with Gasteiger partial charge in [-0.15, -0.1) is 5.10 Å². The first-order valence-corrected chi connectivity index (χ1v) is 10.7. The van der Waals surface area contributed by atoms with Crippen LogP contribution in [-0.4, -0.2) is 63.7 Å². The normalized spacial score (nSPS) is 15.2. The molecule has 1 aliphatic rings. The van der Waals surface area contributed by atoms with E-state index >= 15 is 8.78 Å². The van der Waals surface area contributed by atoms with Gasteiger partial charge in [-0.05, 0) is 36.0 Å². The van der Waals surface area contributed by atoms with Gasteiger partial charge in [-0.25, -0.2) is 8.78 Å². The molecule has 2 N–H and O–H groups in total. The van der Waals surface area contributed by atoms with E-state index in [4.69, 9.17) is 21.4 Å². The van der Waals surface area contributed by atoms with Crippen molar-refractivity contribution in [1.82, 2.24) is 25.6 Å². The van der Waals surface area contributed by atoms with Crippen LogP contribution in [0.25, 0.3) is 0 Å². The Morgan fingerprint density at radius 2 is 2.03 bits per heavy atom. The third-order valence-electron chi connectivity index (χ3n) is 5.45. The monoisotopic (exact) mass is 493 g/mol. The minimum Gasteiger partial charge on any atom is -0.474 e. The summed E-state index contributed by atoms with van der Waals surface area (Å²) in [5.74, 6) is -1.29. The van der Waals surface area contributed by atoms with Gasteiger partial charge in [0.2, 0.25) is 0 Å². The summed E-state index contributed by atoms with van der Waals surface area (Å²) >= 11 is 5.04. The lowest BCUT2D eigenvalue weighted by Crippen LogP contribution is -2.46. The van der Waals surface area contributed by atoms with Gasteiger partial charge >= 0.3 is 5.88 Å². The minimum atomic E-state index is -0.765. The molecule has 1 aliphatic heterocycles. The largest absolute Gasteiger partial charge is 0.474 e. The van der Waals surface area contributed by atoms with Gasteiger partial charge in [0.05, 0.1) is 19.7 Å². The number of piperazine rings is 1. The number of methoxy groups -OCH3 is 1. The number of nitrogens with zero attached hydrogens (tertiary/aromatic N) is 5. The van der Waals surface area contributed by atoms with E-state index in [1.165, 1.54) is 31.5 Å². The molecule has 0 spiro atoms. The van der Waals surface area contributed by atoms with Gasteiger partial charge in [0.1, 0.15) is 39.7 Å². The third-order valence-corrected chi connectivity index (χ3v) is 5.73. The third kappa shape index (κ3) is 5.12. The molecule has 0 bridgehead atoms. The van der Waals surface area contributed by atoms with Crippen LogP contribution in [0.2, 0.25) is 0 Å². The highest BCUT2D eigenvalue weighted by Gasteiger charge is 2.27. The van der Waals surface area contributed by atoms with Crippen molar-refractivity contribution in [1.29, 1.82) is 0 Å². The van der Waals surface area contributed by atoms with Crippen molar-refractivity contribution in [2.24, 2.45) is 0 Å². The Bertz CT molecular complexity index is 1140. The van der Waals surface area contributed by atoms with E-state index in [2.05, 4.69) is 20.7 Å². The molecular weight excluding hydrogens is 472 g/mol. The Hall–Kier alpha value is -3.65. The fourth-order valence-electron chi connectivity index (χ4n) is 3.81. The quantitative estimate of drug-likeness (QED) is 0.288. The summed E-state index contributed by atoms with van der Waals surface area (Å²) in [4.78, 5) is 13.8. The molecule has 4 rings (SSSR count). The summed E-state index contributed by atoms with van der Waals surface area (Å²) in [6.45, 7) is 2.11. The van der Waals surface area contributed by atoms with E-state index in [0.29, 0.717) is 44.2 Å². The van der Waals surface area contributed by atoms with Crippen molar-refractivity contribution in [3.63, 3.8) is 0 Å². The molecule has 3 aromatic rings. The number of benzene rings is 1. The number of anilines is 1. The molecule has 180 valence electrons. The number of aromatic nitrogens is 3. The molecule has 14 heteroatoms. The zero-order valence-electron chi connectivity index (χ0n) is 18.0. The zero-order chi connectivity index (χ0) is 24.2. The fourth-order valence-corrected chi connectivity index (χ4v) is 3.93. The Kier molecular flexibility index (Phi) is 6.98. The Labute approximate surface area is 197 Å². The maximum absolute atomic E-state index is 15.1. The summed E-state index contributed by atoms with van der Waals surface area (Å²) in [7, 11) is 1.38. The average molecular weight is 493 g/mol. The molecule has 1 fully saturated rings. The second-order valence-electron chi connectivity index (χ2n) is 7.56. The molecule has 11 nitrogen and oxygen atoms in total. The van der Waals surface area contributed by atoms with Crippen LogP contribution >= 0.6 is 12.2 Å². The van der Waals surface area contributed by atoms with Crippen LogP contribution in [0.15, 0.2) is 34.9 Å². The molecule has 1 unspecified atom stereocenters. The van der Waals surface area contributed by atoms with Crippen molar-refractivity contribution in [2.75, 3.05) is 38.2 Å². The van der Waals surface area contributed by atoms with Crippen LogP contribution in [-0.2, 0) is 11.3 Å². The van der Waals surface area contributed by atoms with Gasteiger partial charge in [0, 0.05) is 32.4 Å². The lowest BCUT2D eigenvalue weighted by atomic mass is 10.0. The number of nitrogens with one attached hydrogen (secondary N) is 2. The number of rotatable bonds is 7. The van der Waals surface area contributed by atoms with Crippen molar-refractivity contribution in [3.05, 3.63) is 69.2 Å². The van der Waals surface area contributed by atoms with Crippen LogP contribution in [0.5, 0.6) is 0 Å². The molecule has 1 aromatic carbocycles. The minimum absolute atomic E-state index is 0.0379. The van der Waals surface area contributed by atoms with Gasteiger partial charge in [0.25, 0.3) is 5.17 Å². The van der Waals surface area contributed by atoms with Crippen LogP contribution in [0, 0.1) is 21.7 Å².